The van der Waals surface area contributed by atoms with E-state index in [0.717, 1.165) is 37.4 Å². The highest BCUT2D eigenvalue weighted by Crippen LogP contribution is 2.31. The van der Waals surface area contributed by atoms with Crippen molar-refractivity contribution in [3.05, 3.63) is 29.3 Å². The third-order valence-electron chi connectivity index (χ3n) is 3.94. The fraction of sp³-hybridized carbons (Fsp3) is 0.562. The fourth-order valence-corrected chi connectivity index (χ4v) is 2.66. The molecule has 0 bridgehead atoms. The number of benzene rings is 1. The molecule has 4 nitrogen and oxygen atoms in total. The van der Waals surface area contributed by atoms with E-state index in [9.17, 15) is 4.79 Å². The molecule has 1 aromatic rings. The molecule has 0 aromatic heterocycles. The maximum absolute atomic E-state index is 11.0. The topological polar surface area (TPSA) is 55.8 Å². The maximum Gasteiger partial charge on any atom is 0.306 e. The quantitative estimate of drug-likeness (QED) is 0.899. The molecule has 1 unspecified atom stereocenters. The van der Waals surface area contributed by atoms with E-state index in [0.29, 0.717) is 12.3 Å². The maximum atomic E-state index is 11.0. The Morgan fingerprint density at radius 3 is 2.75 bits per heavy atom. The highest BCUT2D eigenvalue weighted by Gasteiger charge is 2.19. The molecular weight excluding hydrogens is 256 g/mol. The Kier molecular flexibility index (Phi) is 5.01. The molecule has 0 saturated carbocycles. The number of methoxy groups -OCH3 is 1. The minimum atomic E-state index is -0.775. The van der Waals surface area contributed by atoms with Crippen LogP contribution < -0.4 is 4.74 Å². The van der Waals surface area contributed by atoms with Crippen LogP contribution in [0.1, 0.15) is 36.8 Å². The van der Waals surface area contributed by atoms with Crippen LogP contribution in [-0.4, -0.2) is 31.4 Å². The summed E-state index contributed by atoms with van der Waals surface area (Å²) in [7, 11) is 1.62. The van der Waals surface area contributed by atoms with Gasteiger partial charge >= 0.3 is 5.97 Å². The first-order chi connectivity index (χ1) is 9.61. The largest absolute Gasteiger partial charge is 0.496 e. The summed E-state index contributed by atoms with van der Waals surface area (Å²) in [5.74, 6) is 0.0970. The summed E-state index contributed by atoms with van der Waals surface area (Å²) < 4.78 is 10.7. The molecule has 1 atom stereocenters. The molecule has 2 rings (SSSR count). The lowest BCUT2D eigenvalue weighted by Gasteiger charge is -2.23. The smallest absolute Gasteiger partial charge is 0.306 e. The normalized spacial score (nSPS) is 17.7. The second kappa shape index (κ2) is 6.75. The van der Waals surface area contributed by atoms with E-state index < -0.39 is 11.9 Å². The van der Waals surface area contributed by atoms with E-state index in [1.165, 1.54) is 5.56 Å². The van der Waals surface area contributed by atoms with Gasteiger partial charge in [0.05, 0.1) is 13.0 Å². The van der Waals surface area contributed by atoms with Crippen LogP contribution in [0.2, 0.25) is 0 Å². The summed E-state index contributed by atoms with van der Waals surface area (Å²) in [6.45, 7) is 3.33. The molecule has 0 radical (unpaired) electrons. The number of carboxylic acids is 1. The highest BCUT2D eigenvalue weighted by atomic mass is 16.5. The molecule has 4 heteroatoms. The Labute approximate surface area is 119 Å². The van der Waals surface area contributed by atoms with Gasteiger partial charge in [-0.15, -0.1) is 0 Å². The van der Waals surface area contributed by atoms with Crippen LogP contribution in [0.5, 0.6) is 5.75 Å². The van der Waals surface area contributed by atoms with Crippen molar-refractivity contribution >= 4 is 5.97 Å². The molecule has 110 valence electrons. The van der Waals surface area contributed by atoms with Crippen molar-refractivity contribution in [3.63, 3.8) is 0 Å². The Hall–Kier alpha value is -1.55. The van der Waals surface area contributed by atoms with Crippen molar-refractivity contribution in [2.75, 3.05) is 20.3 Å². The molecule has 1 saturated heterocycles. The molecule has 0 aliphatic carbocycles. The standard InChI is InChI=1S/C16H22O4/c1-11(16(17)18)9-14-10-13(3-4-15(14)19-2)12-5-7-20-8-6-12/h3-4,10-12H,5-9H2,1-2H3,(H,17,18). The Morgan fingerprint density at radius 2 is 2.15 bits per heavy atom. The van der Waals surface area contributed by atoms with E-state index in [1.54, 1.807) is 14.0 Å². The molecule has 1 N–H and O–H groups in total. The third-order valence-corrected chi connectivity index (χ3v) is 3.94. The number of carboxylic acid groups (broad SMARTS) is 1. The lowest BCUT2D eigenvalue weighted by Crippen LogP contribution is -2.15. The summed E-state index contributed by atoms with van der Waals surface area (Å²) in [5.41, 5.74) is 2.24. The average molecular weight is 278 g/mol. The molecule has 1 fully saturated rings. The Morgan fingerprint density at radius 1 is 1.45 bits per heavy atom. The molecule has 20 heavy (non-hydrogen) atoms. The van der Waals surface area contributed by atoms with Gasteiger partial charge in [-0.1, -0.05) is 19.1 Å². The van der Waals surface area contributed by atoms with Crippen LogP contribution in [0.15, 0.2) is 18.2 Å². The highest BCUT2D eigenvalue weighted by molar-refractivity contribution is 5.70. The number of rotatable bonds is 5. The molecule has 0 spiro atoms. The van der Waals surface area contributed by atoms with Gasteiger partial charge in [0.1, 0.15) is 5.75 Å². The van der Waals surface area contributed by atoms with Gasteiger partial charge < -0.3 is 14.6 Å². The van der Waals surface area contributed by atoms with Gasteiger partial charge in [-0.05, 0) is 42.4 Å². The van der Waals surface area contributed by atoms with Crippen LogP contribution >= 0.6 is 0 Å². The zero-order chi connectivity index (χ0) is 14.5. The second-order valence-electron chi connectivity index (χ2n) is 5.40. The zero-order valence-corrected chi connectivity index (χ0v) is 12.1. The summed E-state index contributed by atoms with van der Waals surface area (Å²) in [6, 6.07) is 6.15. The van der Waals surface area contributed by atoms with E-state index >= 15 is 0 Å². The van der Waals surface area contributed by atoms with Crippen molar-refractivity contribution in [1.29, 1.82) is 0 Å². The second-order valence-corrected chi connectivity index (χ2v) is 5.40. The van der Waals surface area contributed by atoms with Crippen LogP contribution in [0.25, 0.3) is 0 Å². The minimum absolute atomic E-state index is 0.408. The molecule has 0 amide bonds. The number of ether oxygens (including phenoxy) is 2. The summed E-state index contributed by atoms with van der Waals surface area (Å²) in [6.07, 6.45) is 2.55. The summed E-state index contributed by atoms with van der Waals surface area (Å²) in [4.78, 5) is 11.0. The monoisotopic (exact) mass is 278 g/mol. The summed E-state index contributed by atoms with van der Waals surface area (Å²) >= 11 is 0. The van der Waals surface area contributed by atoms with E-state index in [2.05, 4.69) is 12.1 Å². The van der Waals surface area contributed by atoms with Gasteiger partial charge in [0.15, 0.2) is 0 Å². The van der Waals surface area contributed by atoms with Crippen LogP contribution in [0.3, 0.4) is 0 Å². The minimum Gasteiger partial charge on any atom is -0.496 e. The van der Waals surface area contributed by atoms with Crippen LogP contribution in [0, 0.1) is 5.92 Å². The number of carbonyl (C=O) groups is 1. The predicted octanol–water partition coefficient (Wildman–Crippen LogP) is 2.85. The SMILES string of the molecule is COc1ccc(C2CCOCC2)cc1CC(C)C(=O)O. The van der Waals surface area contributed by atoms with Crippen molar-refractivity contribution in [2.24, 2.45) is 5.92 Å². The number of hydrogen-bond donors (Lipinski definition) is 1. The Bertz CT molecular complexity index is 464. The fourth-order valence-electron chi connectivity index (χ4n) is 2.66. The van der Waals surface area contributed by atoms with E-state index in [-0.39, 0.29) is 0 Å². The van der Waals surface area contributed by atoms with Crippen LogP contribution in [-0.2, 0) is 16.0 Å². The predicted molar refractivity (Wildman–Crippen MR) is 76.3 cm³/mol. The van der Waals surface area contributed by atoms with Gasteiger partial charge in [-0.2, -0.15) is 0 Å². The first-order valence-electron chi connectivity index (χ1n) is 7.09. The van der Waals surface area contributed by atoms with Crippen LogP contribution in [0.4, 0.5) is 0 Å². The zero-order valence-electron chi connectivity index (χ0n) is 12.1. The first kappa shape index (κ1) is 14.9. The van der Waals surface area contributed by atoms with Gasteiger partial charge in [-0.25, -0.2) is 0 Å². The molecule has 1 aliphatic rings. The molecule has 1 aromatic carbocycles. The summed E-state index contributed by atoms with van der Waals surface area (Å²) in [5, 5.41) is 9.07. The molecule has 1 aliphatic heterocycles. The van der Waals surface area contributed by atoms with Gasteiger partial charge in [-0.3, -0.25) is 4.79 Å². The lowest BCUT2D eigenvalue weighted by molar-refractivity contribution is -0.141. The third kappa shape index (κ3) is 3.51. The van der Waals surface area contributed by atoms with E-state index in [1.807, 2.05) is 6.07 Å². The number of aliphatic carboxylic acids is 1. The van der Waals surface area contributed by atoms with Crippen molar-refractivity contribution in [1.82, 2.24) is 0 Å². The van der Waals surface area contributed by atoms with Gasteiger partial charge in [0.25, 0.3) is 0 Å². The number of hydrogen-bond acceptors (Lipinski definition) is 3. The van der Waals surface area contributed by atoms with Gasteiger partial charge in [0.2, 0.25) is 0 Å². The first-order valence-corrected chi connectivity index (χ1v) is 7.09. The lowest BCUT2D eigenvalue weighted by atomic mass is 9.89. The van der Waals surface area contributed by atoms with Crippen molar-refractivity contribution in [3.8, 4) is 5.75 Å². The molecular formula is C16H22O4. The van der Waals surface area contributed by atoms with Crippen molar-refractivity contribution in [2.45, 2.75) is 32.1 Å². The van der Waals surface area contributed by atoms with Crippen molar-refractivity contribution < 1.29 is 19.4 Å². The Balaban J connectivity index is 2.21. The molecule has 1 heterocycles. The average Bonchev–Trinajstić information content (AvgIpc) is 2.48. The van der Waals surface area contributed by atoms with E-state index in [4.69, 9.17) is 14.6 Å². The van der Waals surface area contributed by atoms with Gasteiger partial charge in [0, 0.05) is 13.2 Å².